The molecule has 2 unspecified atom stereocenters. The predicted octanol–water partition coefficient (Wildman–Crippen LogP) is 3.70. The topological polar surface area (TPSA) is 12.0 Å². The largest absolute Gasteiger partial charge is 0.307 e. The number of nitrogens with one attached hydrogen (secondary N) is 1. The van der Waals surface area contributed by atoms with Gasteiger partial charge in [0.2, 0.25) is 0 Å². The standard InChI is InChI=1S/C12H15ClFN.ClH/c1-12(8-9(14)6-7-15-12)10-4-2-3-5-11(10)13;/h2-5,9,15H,6-8H2,1H3;1H. The molecule has 0 spiro atoms. The lowest BCUT2D eigenvalue weighted by Gasteiger charge is -2.37. The maximum atomic E-state index is 13.4. The first-order valence-corrected chi connectivity index (χ1v) is 5.64. The summed E-state index contributed by atoms with van der Waals surface area (Å²) in [6.07, 6.45) is 0.365. The van der Waals surface area contributed by atoms with Gasteiger partial charge in [-0.25, -0.2) is 4.39 Å². The molecule has 0 saturated carbocycles. The summed E-state index contributed by atoms with van der Waals surface area (Å²) < 4.78 is 13.4. The van der Waals surface area contributed by atoms with Crippen LogP contribution in [0.25, 0.3) is 0 Å². The first-order valence-electron chi connectivity index (χ1n) is 5.26. The van der Waals surface area contributed by atoms with E-state index >= 15 is 0 Å². The van der Waals surface area contributed by atoms with Gasteiger partial charge in [-0.2, -0.15) is 0 Å². The van der Waals surface area contributed by atoms with E-state index in [1.807, 2.05) is 31.2 Å². The van der Waals surface area contributed by atoms with Crippen LogP contribution in [0, 0.1) is 0 Å². The Morgan fingerprint density at radius 1 is 1.44 bits per heavy atom. The highest BCUT2D eigenvalue weighted by Crippen LogP contribution is 2.35. The molecule has 2 atom stereocenters. The molecule has 1 nitrogen and oxygen atoms in total. The Morgan fingerprint density at radius 2 is 2.12 bits per heavy atom. The second-order valence-electron chi connectivity index (χ2n) is 4.33. The van der Waals surface area contributed by atoms with Crippen molar-refractivity contribution in [2.75, 3.05) is 6.54 Å². The lowest BCUT2D eigenvalue weighted by atomic mass is 9.83. The van der Waals surface area contributed by atoms with E-state index in [9.17, 15) is 4.39 Å². The third kappa shape index (κ3) is 2.68. The van der Waals surface area contributed by atoms with Gasteiger partial charge in [0.25, 0.3) is 0 Å². The monoisotopic (exact) mass is 263 g/mol. The Bertz CT molecular complexity index is 359. The first kappa shape index (κ1) is 13.8. The molecule has 0 aliphatic carbocycles. The van der Waals surface area contributed by atoms with Crippen molar-refractivity contribution >= 4 is 24.0 Å². The number of halogens is 3. The fourth-order valence-corrected chi connectivity index (χ4v) is 2.58. The lowest BCUT2D eigenvalue weighted by molar-refractivity contribution is 0.165. The molecular weight excluding hydrogens is 248 g/mol. The minimum absolute atomic E-state index is 0. The van der Waals surface area contributed by atoms with Crippen LogP contribution in [0.5, 0.6) is 0 Å². The third-order valence-corrected chi connectivity index (χ3v) is 3.40. The Morgan fingerprint density at radius 3 is 2.75 bits per heavy atom. The van der Waals surface area contributed by atoms with Crippen LogP contribution < -0.4 is 5.32 Å². The number of hydrogen-bond acceptors (Lipinski definition) is 1. The van der Waals surface area contributed by atoms with Gasteiger partial charge in [-0.3, -0.25) is 0 Å². The Labute approximate surface area is 107 Å². The average molecular weight is 264 g/mol. The van der Waals surface area contributed by atoms with Crippen LogP contribution in [-0.2, 0) is 5.54 Å². The minimum atomic E-state index is -0.729. The van der Waals surface area contributed by atoms with Crippen molar-refractivity contribution in [3.63, 3.8) is 0 Å². The molecule has 1 aliphatic rings. The van der Waals surface area contributed by atoms with Crippen LogP contribution in [0.2, 0.25) is 5.02 Å². The summed E-state index contributed by atoms with van der Waals surface area (Å²) in [6.45, 7) is 2.73. The summed E-state index contributed by atoms with van der Waals surface area (Å²) in [5, 5.41) is 4.07. The summed E-state index contributed by atoms with van der Waals surface area (Å²) in [4.78, 5) is 0. The summed E-state index contributed by atoms with van der Waals surface area (Å²) in [5.74, 6) is 0. The molecule has 0 aromatic heterocycles. The molecule has 0 bridgehead atoms. The van der Waals surface area contributed by atoms with Crippen molar-refractivity contribution in [1.82, 2.24) is 5.32 Å². The first-order chi connectivity index (χ1) is 7.12. The zero-order valence-electron chi connectivity index (χ0n) is 9.17. The highest BCUT2D eigenvalue weighted by atomic mass is 35.5. The van der Waals surface area contributed by atoms with Gasteiger partial charge in [-0.15, -0.1) is 12.4 Å². The van der Waals surface area contributed by atoms with E-state index in [1.54, 1.807) is 0 Å². The van der Waals surface area contributed by atoms with E-state index in [1.165, 1.54) is 0 Å². The van der Waals surface area contributed by atoms with E-state index in [0.717, 1.165) is 5.56 Å². The highest BCUT2D eigenvalue weighted by Gasteiger charge is 2.34. The second-order valence-corrected chi connectivity index (χ2v) is 4.74. The van der Waals surface area contributed by atoms with Gasteiger partial charge in [-0.05, 0) is 31.5 Å². The summed E-state index contributed by atoms with van der Waals surface area (Å²) in [6, 6.07) is 7.65. The average Bonchev–Trinajstić information content (AvgIpc) is 2.17. The summed E-state index contributed by atoms with van der Waals surface area (Å²) >= 11 is 6.13. The predicted molar refractivity (Wildman–Crippen MR) is 68.2 cm³/mol. The molecule has 1 heterocycles. The van der Waals surface area contributed by atoms with Crippen LogP contribution >= 0.6 is 24.0 Å². The zero-order valence-corrected chi connectivity index (χ0v) is 10.7. The smallest absolute Gasteiger partial charge is 0.103 e. The molecule has 0 radical (unpaired) electrons. The Hall–Kier alpha value is -0.310. The van der Waals surface area contributed by atoms with E-state index in [-0.39, 0.29) is 17.9 Å². The molecular formula is C12H16Cl2FN. The van der Waals surface area contributed by atoms with E-state index in [0.29, 0.717) is 24.4 Å². The van der Waals surface area contributed by atoms with Gasteiger partial charge in [-0.1, -0.05) is 29.8 Å². The van der Waals surface area contributed by atoms with Crippen molar-refractivity contribution in [1.29, 1.82) is 0 Å². The summed E-state index contributed by atoms with van der Waals surface area (Å²) in [7, 11) is 0. The van der Waals surface area contributed by atoms with E-state index in [4.69, 9.17) is 11.6 Å². The maximum absolute atomic E-state index is 13.4. The zero-order chi connectivity index (χ0) is 10.9. The number of hydrogen-bond donors (Lipinski definition) is 1. The Balaban J connectivity index is 0.00000128. The Kier molecular flexibility index (Phi) is 4.60. The van der Waals surface area contributed by atoms with Crippen LogP contribution in [-0.4, -0.2) is 12.7 Å². The molecule has 4 heteroatoms. The van der Waals surface area contributed by atoms with Gasteiger partial charge in [0, 0.05) is 17.0 Å². The molecule has 2 rings (SSSR count). The fourth-order valence-electron chi connectivity index (χ4n) is 2.24. The van der Waals surface area contributed by atoms with Crippen LogP contribution in [0.4, 0.5) is 4.39 Å². The number of rotatable bonds is 1. The van der Waals surface area contributed by atoms with Gasteiger partial charge in [0.1, 0.15) is 6.17 Å². The van der Waals surface area contributed by atoms with Gasteiger partial charge < -0.3 is 5.32 Å². The lowest BCUT2D eigenvalue weighted by Crippen LogP contribution is -2.47. The SMILES string of the molecule is CC1(c2ccccc2Cl)CC(F)CCN1.Cl. The molecule has 0 amide bonds. The second kappa shape index (κ2) is 5.35. The molecule has 1 saturated heterocycles. The number of alkyl halides is 1. The van der Waals surface area contributed by atoms with Crippen LogP contribution in [0.1, 0.15) is 25.3 Å². The minimum Gasteiger partial charge on any atom is -0.307 e. The summed E-state index contributed by atoms with van der Waals surface area (Å²) in [5.41, 5.74) is 0.671. The van der Waals surface area contributed by atoms with Crippen molar-refractivity contribution in [3.05, 3.63) is 34.9 Å². The highest BCUT2D eigenvalue weighted by molar-refractivity contribution is 6.31. The van der Waals surface area contributed by atoms with Crippen molar-refractivity contribution < 1.29 is 4.39 Å². The van der Waals surface area contributed by atoms with Gasteiger partial charge in [0.05, 0.1) is 0 Å². The number of piperidine rings is 1. The molecule has 1 aromatic carbocycles. The molecule has 1 aliphatic heterocycles. The van der Waals surface area contributed by atoms with Crippen molar-refractivity contribution in [2.24, 2.45) is 0 Å². The van der Waals surface area contributed by atoms with Gasteiger partial charge in [0.15, 0.2) is 0 Å². The third-order valence-electron chi connectivity index (χ3n) is 3.07. The molecule has 1 aromatic rings. The van der Waals surface area contributed by atoms with E-state index < -0.39 is 6.17 Å². The van der Waals surface area contributed by atoms with Crippen molar-refractivity contribution in [2.45, 2.75) is 31.5 Å². The fraction of sp³-hybridized carbons (Fsp3) is 0.500. The van der Waals surface area contributed by atoms with Crippen molar-refractivity contribution in [3.8, 4) is 0 Å². The molecule has 90 valence electrons. The van der Waals surface area contributed by atoms with E-state index in [2.05, 4.69) is 5.32 Å². The molecule has 16 heavy (non-hydrogen) atoms. The van der Waals surface area contributed by atoms with Gasteiger partial charge >= 0.3 is 0 Å². The number of benzene rings is 1. The quantitative estimate of drug-likeness (QED) is 0.815. The van der Waals surface area contributed by atoms with Crippen LogP contribution in [0.15, 0.2) is 24.3 Å². The maximum Gasteiger partial charge on any atom is 0.103 e. The molecule has 1 fully saturated rings. The van der Waals surface area contributed by atoms with Crippen LogP contribution in [0.3, 0.4) is 0 Å². The molecule has 1 N–H and O–H groups in total. The normalized spacial score (nSPS) is 29.6.